The molecule has 5 rings (SSSR count). The Balaban J connectivity index is 1.37. The summed E-state index contributed by atoms with van der Waals surface area (Å²) in [6.07, 6.45) is 5.45. The Morgan fingerprint density at radius 1 is 1.06 bits per heavy atom. The van der Waals surface area contributed by atoms with Gasteiger partial charge in [0.1, 0.15) is 23.6 Å². The lowest BCUT2D eigenvalue weighted by Gasteiger charge is -2.38. The van der Waals surface area contributed by atoms with Gasteiger partial charge < -0.3 is 19.6 Å². The van der Waals surface area contributed by atoms with Crippen LogP contribution in [0.1, 0.15) is 37.0 Å². The highest BCUT2D eigenvalue weighted by Crippen LogP contribution is 2.37. The monoisotopic (exact) mass is 417 g/mol. The van der Waals surface area contributed by atoms with Gasteiger partial charge in [-0.15, -0.1) is 0 Å². The molecule has 160 valence electrons. The SMILES string of the molecule is COc1ccc(-c2nc(C3(C)CCN(c4ncnc5[nH]c(C)cc45)CC3)[nH]c2C)cn1. The maximum absolute atomic E-state index is 5.17. The fourth-order valence-electron chi connectivity index (χ4n) is 4.43. The van der Waals surface area contributed by atoms with E-state index < -0.39 is 0 Å². The highest BCUT2D eigenvalue weighted by atomic mass is 16.5. The molecule has 31 heavy (non-hydrogen) atoms. The summed E-state index contributed by atoms with van der Waals surface area (Å²) in [6.45, 7) is 8.26. The molecule has 8 heteroatoms. The number of rotatable bonds is 4. The Kier molecular flexibility index (Phi) is 4.64. The molecule has 1 aliphatic rings. The van der Waals surface area contributed by atoms with Gasteiger partial charge in [-0.05, 0) is 38.8 Å². The first-order chi connectivity index (χ1) is 15.0. The zero-order valence-corrected chi connectivity index (χ0v) is 18.4. The number of hydrogen-bond acceptors (Lipinski definition) is 6. The summed E-state index contributed by atoms with van der Waals surface area (Å²) in [4.78, 5) is 27.5. The number of piperidine rings is 1. The minimum Gasteiger partial charge on any atom is -0.481 e. The Labute approximate surface area is 181 Å². The van der Waals surface area contributed by atoms with Crippen molar-refractivity contribution in [3.05, 3.63) is 47.9 Å². The number of methoxy groups -OCH3 is 1. The maximum atomic E-state index is 5.17. The molecular weight excluding hydrogens is 390 g/mol. The predicted molar refractivity (Wildman–Crippen MR) is 121 cm³/mol. The molecule has 5 heterocycles. The van der Waals surface area contributed by atoms with Crippen LogP contribution >= 0.6 is 0 Å². The summed E-state index contributed by atoms with van der Waals surface area (Å²) in [5.74, 6) is 2.66. The quantitative estimate of drug-likeness (QED) is 0.522. The molecule has 1 saturated heterocycles. The van der Waals surface area contributed by atoms with E-state index in [0.29, 0.717) is 5.88 Å². The minimum absolute atomic E-state index is 0.0143. The predicted octanol–water partition coefficient (Wildman–Crippen LogP) is 3.93. The Morgan fingerprint density at radius 2 is 1.87 bits per heavy atom. The van der Waals surface area contributed by atoms with Gasteiger partial charge in [-0.1, -0.05) is 6.92 Å². The van der Waals surface area contributed by atoms with E-state index in [2.05, 4.69) is 49.7 Å². The number of imidazole rings is 1. The Bertz CT molecular complexity index is 1220. The number of aryl methyl sites for hydroxylation is 2. The molecule has 8 nitrogen and oxygen atoms in total. The van der Waals surface area contributed by atoms with Crippen molar-refractivity contribution in [1.29, 1.82) is 0 Å². The summed E-state index contributed by atoms with van der Waals surface area (Å²) in [5, 5.41) is 1.09. The van der Waals surface area contributed by atoms with E-state index in [1.54, 1.807) is 13.4 Å². The largest absolute Gasteiger partial charge is 0.481 e. The van der Waals surface area contributed by atoms with Crippen LogP contribution < -0.4 is 9.64 Å². The van der Waals surface area contributed by atoms with Gasteiger partial charge in [0.2, 0.25) is 5.88 Å². The number of nitrogens with one attached hydrogen (secondary N) is 2. The molecule has 0 saturated carbocycles. The smallest absolute Gasteiger partial charge is 0.212 e. The molecule has 0 atom stereocenters. The van der Waals surface area contributed by atoms with Crippen LogP contribution in [0.4, 0.5) is 5.82 Å². The molecule has 0 unspecified atom stereocenters. The van der Waals surface area contributed by atoms with Crippen LogP contribution in [-0.2, 0) is 5.41 Å². The Morgan fingerprint density at radius 3 is 2.58 bits per heavy atom. The van der Waals surface area contributed by atoms with Crippen LogP contribution in [0.25, 0.3) is 22.3 Å². The molecule has 4 aromatic heterocycles. The molecule has 2 N–H and O–H groups in total. The van der Waals surface area contributed by atoms with Crippen molar-refractivity contribution in [2.24, 2.45) is 0 Å². The molecule has 0 aromatic carbocycles. The van der Waals surface area contributed by atoms with Crippen molar-refractivity contribution in [1.82, 2.24) is 29.9 Å². The second kappa shape index (κ2) is 7.37. The first-order valence-corrected chi connectivity index (χ1v) is 10.6. The van der Waals surface area contributed by atoms with E-state index in [4.69, 9.17) is 9.72 Å². The number of aromatic amines is 2. The Hall–Kier alpha value is -3.42. The normalized spacial score (nSPS) is 16.1. The molecule has 0 amide bonds. The van der Waals surface area contributed by atoms with Gasteiger partial charge in [-0.2, -0.15) is 0 Å². The maximum Gasteiger partial charge on any atom is 0.212 e. The lowest BCUT2D eigenvalue weighted by Crippen LogP contribution is -2.42. The second-order valence-corrected chi connectivity index (χ2v) is 8.61. The van der Waals surface area contributed by atoms with Crippen molar-refractivity contribution >= 4 is 16.9 Å². The van der Waals surface area contributed by atoms with Crippen LogP contribution in [0.3, 0.4) is 0 Å². The van der Waals surface area contributed by atoms with Gasteiger partial charge in [-0.3, -0.25) is 0 Å². The van der Waals surface area contributed by atoms with Crippen molar-refractivity contribution in [2.75, 3.05) is 25.1 Å². The van der Waals surface area contributed by atoms with E-state index in [1.165, 1.54) is 0 Å². The number of hydrogen-bond donors (Lipinski definition) is 2. The summed E-state index contributed by atoms with van der Waals surface area (Å²) in [6, 6.07) is 6.00. The first kappa shape index (κ1) is 19.5. The van der Waals surface area contributed by atoms with Crippen molar-refractivity contribution in [3.8, 4) is 17.1 Å². The third-order valence-electron chi connectivity index (χ3n) is 6.38. The molecule has 1 aliphatic heterocycles. The number of ether oxygens (including phenoxy) is 1. The van der Waals surface area contributed by atoms with Gasteiger partial charge in [-0.25, -0.2) is 19.9 Å². The highest BCUT2D eigenvalue weighted by Gasteiger charge is 2.35. The minimum atomic E-state index is -0.0143. The molecule has 4 aromatic rings. The third-order valence-corrected chi connectivity index (χ3v) is 6.38. The van der Waals surface area contributed by atoms with Crippen molar-refractivity contribution in [2.45, 2.75) is 39.0 Å². The lowest BCUT2D eigenvalue weighted by molar-refractivity contribution is 0.345. The number of pyridine rings is 1. The fraction of sp³-hybridized carbons (Fsp3) is 0.391. The molecule has 0 radical (unpaired) electrons. The number of anilines is 1. The third kappa shape index (κ3) is 3.41. The summed E-state index contributed by atoms with van der Waals surface area (Å²) < 4.78 is 5.17. The molecule has 0 spiro atoms. The van der Waals surface area contributed by atoms with E-state index in [-0.39, 0.29) is 5.41 Å². The van der Waals surface area contributed by atoms with Gasteiger partial charge in [0.15, 0.2) is 0 Å². The van der Waals surface area contributed by atoms with Crippen LogP contribution in [0.15, 0.2) is 30.7 Å². The fourth-order valence-corrected chi connectivity index (χ4v) is 4.43. The lowest BCUT2D eigenvalue weighted by atomic mass is 9.79. The van der Waals surface area contributed by atoms with Crippen molar-refractivity contribution in [3.63, 3.8) is 0 Å². The second-order valence-electron chi connectivity index (χ2n) is 8.61. The molecule has 1 fully saturated rings. The number of H-pyrrole nitrogens is 2. The molecule has 0 aliphatic carbocycles. The van der Waals surface area contributed by atoms with Gasteiger partial charge >= 0.3 is 0 Å². The standard InChI is InChI=1S/C23H27N7O/c1-14-11-17-20(27-14)25-13-26-21(17)30-9-7-23(3,8-10-30)22-28-15(2)19(29-22)16-5-6-18(31-4)24-12-16/h5-6,11-13H,7-10H2,1-4H3,(H,28,29)(H,25,26,27). The van der Waals surface area contributed by atoms with Crippen molar-refractivity contribution < 1.29 is 4.74 Å². The average molecular weight is 418 g/mol. The van der Waals surface area contributed by atoms with Crippen LogP contribution in [0.5, 0.6) is 5.88 Å². The highest BCUT2D eigenvalue weighted by molar-refractivity contribution is 5.88. The first-order valence-electron chi connectivity index (χ1n) is 10.6. The van der Waals surface area contributed by atoms with E-state index in [1.807, 2.05) is 25.3 Å². The van der Waals surface area contributed by atoms with Gasteiger partial charge in [0.05, 0.1) is 18.2 Å². The van der Waals surface area contributed by atoms with Gasteiger partial charge in [0.25, 0.3) is 0 Å². The summed E-state index contributed by atoms with van der Waals surface area (Å²) >= 11 is 0. The van der Waals surface area contributed by atoms with E-state index in [9.17, 15) is 0 Å². The summed E-state index contributed by atoms with van der Waals surface area (Å²) in [5.41, 5.74) is 4.99. The topological polar surface area (TPSA) is 95.6 Å². The zero-order chi connectivity index (χ0) is 21.6. The number of fused-ring (bicyclic) bond motifs is 1. The molecular formula is C23H27N7O. The van der Waals surface area contributed by atoms with Gasteiger partial charge in [0, 0.05) is 47.7 Å². The number of nitrogens with zero attached hydrogens (tertiary/aromatic N) is 5. The number of aromatic nitrogens is 6. The van der Waals surface area contributed by atoms with Crippen LogP contribution in [0, 0.1) is 13.8 Å². The van der Waals surface area contributed by atoms with E-state index >= 15 is 0 Å². The van der Waals surface area contributed by atoms with E-state index in [0.717, 1.165) is 71.3 Å². The summed E-state index contributed by atoms with van der Waals surface area (Å²) in [7, 11) is 1.62. The van der Waals surface area contributed by atoms with Crippen LogP contribution in [0.2, 0.25) is 0 Å². The average Bonchev–Trinajstić information content (AvgIpc) is 3.36. The zero-order valence-electron chi connectivity index (χ0n) is 18.4. The van der Waals surface area contributed by atoms with Crippen LogP contribution in [-0.4, -0.2) is 50.1 Å². The molecule has 0 bridgehead atoms.